The second kappa shape index (κ2) is 11.2. The Morgan fingerprint density at radius 2 is 1.98 bits per heavy atom. The van der Waals surface area contributed by atoms with Crippen molar-refractivity contribution in [2.75, 3.05) is 27.3 Å². The molecule has 0 radical (unpaired) electrons. The molecule has 216 valence electrons. The zero-order chi connectivity index (χ0) is 29.4. The normalized spacial score (nSPS) is 16.0. The molecule has 15 heteroatoms. The van der Waals surface area contributed by atoms with Crippen molar-refractivity contribution in [1.82, 2.24) is 29.0 Å². The van der Waals surface area contributed by atoms with Gasteiger partial charge in [0, 0.05) is 24.7 Å². The van der Waals surface area contributed by atoms with Gasteiger partial charge in [0.2, 0.25) is 5.91 Å². The van der Waals surface area contributed by atoms with Crippen LogP contribution in [0.2, 0.25) is 0 Å². The third-order valence-electron chi connectivity index (χ3n) is 7.05. The highest BCUT2D eigenvalue weighted by molar-refractivity contribution is 7.21. The maximum Gasteiger partial charge on any atom is 0.332 e. The van der Waals surface area contributed by atoms with Gasteiger partial charge in [-0.3, -0.25) is 19.0 Å². The number of thiophene rings is 1. The lowest BCUT2D eigenvalue weighted by atomic mass is 10.1. The summed E-state index contributed by atoms with van der Waals surface area (Å²) in [5.41, 5.74) is -0.609. The van der Waals surface area contributed by atoms with Crippen LogP contribution in [0.4, 0.5) is 4.39 Å². The first-order chi connectivity index (χ1) is 19.6. The molecule has 4 aromatic rings. The van der Waals surface area contributed by atoms with Crippen LogP contribution in [-0.2, 0) is 20.9 Å². The molecular formula is C26H27FN6O7S. The average Bonchev–Trinajstić information content (AvgIpc) is 3.66. The van der Waals surface area contributed by atoms with E-state index < -0.39 is 35.2 Å². The van der Waals surface area contributed by atoms with Gasteiger partial charge in [0.1, 0.15) is 33.5 Å². The fraction of sp³-hybridized carbons (Fsp3) is 0.385. The van der Waals surface area contributed by atoms with E-state index in [2.05, 4.69) is 10.2 Å². The number of likely N-dealkylation sites (N-methyl/N-ethyl adjacent to an activating group) is 1. The van der Waals surface area contributed by atoms with Crippen LogP contribution in [0.1, 0.15) is 36.1 Å². The standard InChI is InChI=1S/C26H27FN6O7S/c1-14-21-23(37)32(17-6-10-30(2)22(17)36)26(38)31(25(21)41-24(14)33-28-8-9-29-33)13-19(40-11-7-20(34)35)16-12-15(27)4-5-18(16)39-3/h4-5,8-9,12,17,19H,6-7,10-11,13H2,1-3H3,(H,34,35)/t17?,19-/m0/s1. The highest BCUT2D eigenvalue weighted by Crippen LogP contribution is 2.34. The third kappa shape index (κ3) is 5.13. The van der Waals surface area contributed by atoms with Gasteiger partial charge in [-0.1, -0.05) is 11.3 Å². The number of rotatable bonds is 10. The fourth-order valence-corrected chi connectivity index (χ4v) is 6.21. The summed E-state index contributed by atoms with van der Waals surface area (Å²) >= 11 is 1.11. The number of ether oxygens (including phenoxy) is 2. The summed E-state index contributed by atoms with van der Waals surface area (Å²) in [6.07, 6.45) is 1.83. The number of amides is 1. The van der Waals surface area contributed by atoms with E-state index >= 15 is 0 Å². The van der Waals surface area contributed by atoms with Crippen LogP contribution in [0.3, 0.4) is 0 Å². The largest absolute Gasteiger partial charge is 0.496 e. The van der Waals surface area contributed by atoms with Crippen LogP contribution >= 0.6 is 11.3 Å². The zero-order valence-electron chi connectivity index (χ0n) is 22.4. The van der Waals surface area contributed by atoms with Crippen molar-refractivity contribution in [3.8, 4) is 10.8 Å². The van der Waals surface area contributed by atoms with Crippen LogP contribution in [0.5, 0.6) is 5.75 Å². The van der Waals surface area contributed by atoms with Crippen molar-refractivity contribution in [2.45, 2.75) is 38.5 Å². The van der Waals surface area contributed by atoms with Crippen LogP contribution in [0, 0.1) is 12.7 Å². The Balaban J connectivity index is 1.74. The van der Waals surface area contributed by atoms with E-state index in [0.29, 0.717) is 17.1 Å². The van der Waals surface area contributed by atoms with Crippen LogP contribution in [0.25, 0.3) is 15.2 Å². The van der Waals surface area contributed by atoms with Gasteiger partial charge in [0.25, 0.3) is 5.56 Å². The molecule has 1 fully saturated rings. The number of carboxylic acids is 1. The molecule has 5 rings (SSSR count). The number of aliphatic carboxylic acids is 1. The number of hydrogen-bond donors (Lipinski definition) is 1. The first-order valence-electron chi connectivity index (χ1n) is 12.7. The number of aryl methyl sites for hydroxylation is 1. The predicted octanol–water partition coefficient (Wildman–Crippen LogP) is 1.90. The lowest BCUT2D eigenvalue weighted by Gasteiger charge is -2.23. The summed E-state index contributed by atoms with van der Waals surface area (Å²) in [4.78, 5) is 55.2. The predicted molar refractivity (Wildman–Crippen MR) is 145 cm³/mol. The number of carboxylic acid groups (broad SMARTS) is 1. The van der Waals surface area contributed by atoms with Crippen molar-refractivity contribution < 1.29 is 28.6 Å². The molecule has 1 saturated heterocycles. The van der Waals surface area contributed by atoms with Crippen LogP contribution in [0.15, 0.2) is 40.2 Å². The molecule has 2 atom stereocenters. The number of hydrogen-bond acceptors (Lipinski definition) is 9. The summed E-state index contributed by atoms with van der Waals surface area (Å²) in [7, 11) is 2.99. The number of benzene rings is 1. The second-order valence-corrected chi connectivity index (χ2v) is 10.5. The SMILES string of the molecule is COc1ccc(F)cc1[C@H](Cn1c(=O)n(C2CCN(C)C2=O)c(=O)c2c(C)c(-n3nccn3)sc21)OCCC(=O)O. The molecule has 1 aromatic carbocycles. The number of carbonyl (C=O) groups excluding carboxylic acids is 1. The summed E-state index contributed by atoms with van der Waals surface area (Å²) in [5.74, 6) is -1.79. The van der Waals surface area contributed by atoms with Gasteiger partial charge in [-0.05, 0) is 31.5 Å². The molecule has 41 heavy (non-hydrogen) atoms. The molecule has 1 aliphatic heterocycles. The number of nitrogens with zero attached hydrogens (tertiary/aromatic N) is 6. The number of aromatic nitrogens is 5. The van der Waals surface area contributed by atoms with Gasteiger partial charge in [0.05, 0.1) is 44.5 Å². The third-order valence-corrected chi connectivity index (χ3v) is 8.33. The maximum absolute atomic E-state index is 14.4. The first kappa shape index (κ1) is 28.2. The Kier molecular flexibility index (Phi) is 7.73. The van der Waals surface area contributed by atoms with E-state index in [4.69, 9.17) is 14.6 Å². The number of halogens is 1. The molecule has 1 amide bonds. The minimum Gasteiger partial charge on any atom is -0.496 e. The smallest absolute Gasteiger partial charge is 0.332 e. The molecule has 0 bridgehead atoms. The van der Waals surface area contributed by atoms with E-state index in [1.54, 1.807) is 14.0 Å². The molecule has 3 aromatic heterocycles. The van der Waals surface area contributed by atoms with E-state index in [-0.39, 0.29) is 53.4 Å². The van der Waals surface area contributed by atoms with E-state index in [1.165, 1.54) is 52.0 Å². The van der Waals surface area contributed by atoms with Gasteiger partial charge in [0.15, 0.2) is 0 Å². The number of methoxy groups -OCH3 is 1. The van der Waals surface area contributed by atoms with Crippen molar-refractivity contribution in [2.24, 2.45) is 0 Å². The van der Waals surface area contributed by atoms with Crippen LogP contribution < -0.4 is 16.0 Å². The lowest BCUT2D eigenvalue weighted by Crippen LogP contribution is -2.44. The van der Waals surface area contributed by atoms with Crippen LogP contribution in [-0.4, -0.2) is 73.3 Å². The minimum absolute atomic E-state index is 0.208. The summed E-state index contributed by atoms with van der Waals surface area (Å²) in [5, 5.41) is 18.2. The molecule has 0 saturated carbocycles. The fourth-order valence-electron chi connectivity index (χ4n) is 5.00. The van der Waals surface area contributed by atoms with E-state index in [1.807, 2.05) is 0 Å². The molecule has 1 aliphatic rings. The Morgan fingerprint density at radius 1 is 1.24 bits per heavy atom. The van der Waals surface area contributed by atoms with Gasteiger partial charge < -0.3 is 19.5 Å². The summed E-state index contributed by atoms with van der Waals surface area (Å²) in [6, 6.07) is 2.80. The zero-order valence-corrected chi connectivity index (χ0v) is 23.3. The van der Waals surface area contributed by atoms with E-state index in [0.717, 1.165) is 15.9 Å². The lowest BCUT2D eigenvalue weighted by molar-refractivity contribution is -0.138. The number of fused-ring (bicyclic) bond motifs is 1. The number of likely N-dealkylation sites (tertiary alicyclic amines) is 1. The van der Waals surface area contributed by atoms with E-state index in [9.17, 15) is 23.6 Å². The molecule has 1 unspecified atom stereocenters. The highest BCUT2D eigenvalue weighted by Gasteiger charge is 2.35. The summed E-state index contributed by atoms with van der Waals surface area (Å²) < 4.78 is 28.0. The monoisotopic (exact) mass is 586 g/mol. The molecule has 0 spiro atoms. The molecule has 0 aliphatic carbocycles. The second-order valence-electron chi connectivity index (χ2n) is 9.55. The first-order valence-corrected chi connectivity index (χ1v) is 13.5. The van der Waals surface area contributed by atoms with Gasteiger partial charge >= 0.3 is 11.7 Å². The van der Waals surface area contributed by atoms with Crippen molar-refractivity contribution >= 4 is 33.4 Å². The Labute approximate surface area is 235 Å². The van der Waals surface area contributed by atoms with Crippen molar-refractivity contribution in [3.05, 3.63) is 68.4 Å². The average molecular weight is 587 g/mol. The Bertz CT molecular complexity index is 1750. The van der Waals surface area contributed by atoms with Crippen molar-refractivity contribution in [3.63, 3.8) is 0 Å². The molecule has 13 nitrogen and oxygen atoms in total. The molecule has 1 N–H and O–H groups in total. The van der Waals surface area contributed by atoms with Gasteiger partial charge in [-0.25, -0.2) is 13.8 Å². The highest BCUT2D eigenvalue weighted by atomic mass is 32.1. The quantitative estimate of drug-likeness (QED) is 0.294. The Morgan fingerprint density at radius 3 is 2.61 bits per heavy atom. The topological polar surface area (TPSA) is 151 Å². The number of carbonyl (C=O) groups is 2. The minimum atomic E-state index is -1.10. The molecular weight excluding hydrogens is 559 g/mol. The summed E-state index contributed by atoms with van der Waals surface area (Å²) in [6.45, 7) is 1.60. The van der Waals surface area contributed by atoms with Gasteiger partial charge in [-0.15, -0.1) is 4.80 Å². The Hall–Kier alpha value is -4.37. The molecule has 4 heterocycles. The van der Waals surface area contributed by atoms with Gasteiger partial charge in [-0.2, -0.15) is 10.2 Å². The van der Waals surface area contributed by atoms with Crippen molar-refractivity contribution in [1.29, 1.82) is 0 Å². The maximum atomic E-state index is 14.4.